The van der Waals surface area contributed by atoms with Gasteiger partial charge in [-0.3, -0.25) is 0 Å². The molecule has 4 rings (SSSR count). The quantitative estimate of drug-likeness (QED) is 0.805. The van der Waals surface area contributed by atoms with Crippen LogP contribution in [0.5, 0.6) is 0 Å². The van der Waals surface area contributed by atoms with Crippen LogP contribution in [0.2, 0.25) is 0 Å². The summed E-state index contributed by atoms with van der Waals surface area (Å²) in [5.74, 6) is 1.85. The van der Waals surface area contributed by atoms with Crippen LogP contribution in [-0.4, -0.2) is 32.7 Å². The molecular weight excluding hydrogens is 288 g/mol. The molecule has 23 heavy (non-hydrogen) atoms. The summed E-state index contributed by atoms with van der Waals surface area (Å²) in [6, 6.07) is 6.16. The first-order valence-corrected chi connectivity index (χ1v) is 8.09. The predicted molar refractivity (Wildman–Crippen MR) is 91.3 cm³/mol. The zero-order valence-electron chi connectivity index (χ0n) is 13.2. The Labute approximate surface area is 135 Å². The maximum Gasteiger partial charge on any atom is 0.156 e. The SMILES string of the molecule is Cc1cc2c(Nc3ccc(N4CCCCC4)nc3)nccn2n1. The minimum absolute atomic E-state index is 0.792. The van der Waals surface area contributed by atoms with Crippen molar-refractivity contribution in [3.8, 4) is 0 Å². The lowest BCUT2D eigenvalue weighted by Crippen LogP contribution is -2.29. The lowest BCUT2D eigenvalue weighted by molar-refractivity contribution is 0.573. The fraction of sp³-hybridized carbons (Fsp3) is 0.353. The summed E-state index contributed by atoms with van der Waals surface area (Å²) in [6.07, 6.45) is 9.32. The number of piperidine rings is 1. The van der Waals surface area contributed by atoms with E-state index in [1.54, 1.807) is 6.20 Å². The second-order valence-electron chi connectivity index (χ2n) is 5.97. The monoisotopic (exact) mass is 308 g/mol. The van der Waals surface area contributed by atoms with Crippen LogP contribution in [0.3, 0.4) is 0 Å². The molecule has 6 nitrogen and oxygen atoms in total. The van der Waals surface area contributed by atoms with E-state index in [0.717, 1.165) is 41.6 Å². The van der Waals surface area contributed by atoms with Gasteiger partial charge in [-0.15, -0.1) is 0 Å². The van der Waals surface area contributed by atoms with E-state index in [-0.39, 0.29) is 0 Å². The van der Waals surface area contributed by atoms with E-state index < -0.39 is 0 Å². The van der Waals surface area contributed by atoms with Crippen molar-refractivity contribution in [2.24, 2.45) is 0 Å². The summed E-state index contributed by atoms with van der Waals surface area (Å²) < 4.78 is 1.83. The first-order chi connectivity index (χ1) is 11.3. The van der Waals surface area contributed by atoms with Gasteiger partial charge in [-0.1, -0.05) is 0 Å². The Morgan fingerprint density at radius 3 is 2.74 bits per heavy atom. The lowest BCUT2D eigenvalue weighted by atomic mass is 10.1. The first kappa shape index (κ1) is 14.0. The second-order valence-corrected chi connectivity index (χ2v) is 5.97. The number of hydrogen-bond donors (Lipinski definition) is 1. The molecule has 1 fully saturated rings. The van der Waals surface area contributed by atoms with Gasteiger partial charge in [-0.25, -0.2) is 14.5 Å². The van der Waals surface area contributed by atoms with Gasteiger partial charge in [-0.05, 0) is 44.4 Å². The molecule has 4 heterocycles. The van der Waals surface area contributed by atoms with Crippen LogP contribution >= 0.6 is 0 Å². The number of aryl methyl sites for hydroxylation is 1. The fourth-order valence-electron chi connectivity index (χ4n) is 3.05. The van der Waals surface area contributed by atoms with E-state index in [9.17, 15) is 0 Å². The molecule has 0 unspecified atom stereocenters. The van der Waals surface area contributed by atoms with Crippen LogP contribution in [-0.2, 0) is 0 Å². The number of anilines is 3. The summed E-state index contributed by atoms with van der Waals surface area (Å²) in [5, 5.41) is 7.74. The van der Waals surface area contributed by atoms with Gasteiger partial charge in [0.15, 0.2) is 5.82 Å². The van der Waals surface area contributed by atoms with Gasteiger partial charge in [0.1, 0.15) is 11.3 Å². The molecule has 0 spiro atoms. The fourth-order valence-corrected chi connectivity index (χ4v) is 3.05. The molecule has 0 atom stereocenters. The van der Waals surface area contributed by atoms with E-state index in [1.807, 2.05) is 29.9 Å². The van der Waals surface area contributed by atoms with Crippen molar-refractivity contribution in [1.29, 1.82) is 0 Å². The molecule has 1 aliphatic rings. The van der Waals surface area contributed by atoms with Gasteiger partial charge >= 0.3 is 0 Å². The van der Waals surface area contributed by atoms with Crippen molar-refractivity contribution >= 4 is 22.8 Å². The smallest absolute Gasteiger partial charge is 0.156 e. The summed E-state index contributed by atoms with van der Waals surface area (Å²) in [5.41, 5.74) is 2.87. The van der Waals surface area contributed by atoms with Gasteiger partial charge < -0.3 is 10.2 Å². The molecule has 1 aliphatic heterocycles. The molecule has 3 aromatic heterocycles. The van der Waals surface area contributed by atoms with E-state index in [1.165, 1.54) is 19.3 Å². The van der Waals surface area contributed by atoms with Gasteiger partial charge in [0, 0.05) is 25.5 Å². The Morgan fingerprint density at radius 1 is 1.09 bits per heavy atom. The molecule has 0 radical (unpaired) electrons. The van der Waals surface area contributed by atoms with Crippen LogP contribution in [0.15, 0.2) is 36.8 Å². The summed E-state index contributed by atoms with van der Waals surface area (Å²) in [7, 11) is 0. The van der Waals surface area contributed by atoms with Gasteiger partial charge in [0.05, 0.1) is 17.6 Å². The molecule has 6 heteroatoms. The average Bonchev–Trinajstić information content (AvgIpc) is 2.98. The normalized spacial score (nSPS) is 15.1. The molecule has 1 N–H and O–H groups in total. The maximum absolute atomic E-state index is 4.60. The zero-order chi connectivity index (χ0) is 15.6. The summed E-state index contributed by atoms with van der Waals surface area (Å²) >= 11 is 0. The highest BCUT2D eigenvalue weighted by atomic mass is 15.2. The van der Waals surface area contributed by atoms with Crippen LogP contribution in [0.25, 0.3) is 5.52 Å². The number of aromatic nitrogens is 4. The largest absolute Gasteiger partial charge is 0.357 e. The molecule has 0 aliphatic carbocycles. The number of rotatable bonds is 3. The Kier molecular flexibility index (Phi) is 3.57. The number of fused-ring (bicyclic) bond motifs is 1. The van der Waals surface area contributed by atoms with Crippen LogP contribution in [0.4, 0.5) is 17.3 Å². The zero-order valence-corrected chi connectivity index (χ0v) is 13.2. The molecule has 3 aromatic rings. The van der Waals surface area contributed by atoms with Crippen molar-refractivity contribution in [2.45, 2.75) is 26.2 Å². The number of nitrogens with zero attached hydrogens (tertiary/aromatic N) is 5. The average molecular weight is 308 g/mol. The van der Waals surface area contributed by atoms with Crippen LogP contribution in [0, 0.1) is 6.92 Å². The summed E-state index contributed by atoms with van der Waals surface area (Å²) in [6.45, 7) is 4.19. The maximum atomic E-state index is 4.60. The van der Waals surface area contributed by atoms with Crippen LogP contribution in [0.1, 0.15) is 25.0 Å². The molecule has 1 saturated heterocycles. The molecule has 0 saturated carbocycles. The second kappa shape index (κ2) is 5.87. The molecule has 0 amide bonds. The standard InChI is InChI=1S/C17H20N6/c1-13-11-15-17(18-7-10-23(15)21-13)20-14-5-6-16(19-12-14)22-8-3-2-4-9-22/h5-7,10-12H,2-4,8-9H2,1H3,(H,18,20). The van der Waals surface area contributed by atoms with Crippen LogP contribution < -0.4 is 10.2 Å². The number of nitrogens with one attached hydrogen (secondary N) is 1. The highest BCUT2D eigenvalue weighted by Crippen LogP contribution is 2.22. The Morgan fingerprint density at radius 2 is 1.96 bits per heavy atom. The third-order valence-corrected chi connectivity index (χ3v) is 4.20. The van der Waals surface area contributed by atoms with Gasteiger partial charge in [-0.2, -0.15) is 5.10 Å². The molecule has 0 bridgehead atoms. The molecule has 0 aromatic carbocycles. The number of hydrogen-bond acceptors (Lipinski definition) is 5. The Hall–Kier alpha value is -2.63. The Balaban J connectivity index is 1.56. The summed E-state index contributed by atoms with van der Waals surface area (Å²) in [4.78, 5) is 11.4. The van der Waals surface area contributed by atoms with Gasteiger partial charge in [0.2, 0.25) is 0 Å². The van der Waals surface area contributed by atoms with Crippen molar-refractivity contribution in [3.05, 3.63) is 42.5 Å². The van der Waals surface area contributed by atoms with Crippen molar-refractivity contribution in [2.75, 3.05) is 23.3 Å². The first-order valence-electron chi connectivity index (χ1n) is 8.09. The Bertz CT molecular complexity index is 802. The van der Waals surface area contributed by atoms with E-state index in [0.29, 0.717) is 0 Å². The third kappa shape index (κ3) is 2.84. The van der Waals surface area contributed by atoms with Crippen molar-refractivity contribution in [3.63, 3.8) is 0 Å². The predicted octanol–water partition coefficient (Wildman–Crippen LogP) is 3.17. The van der Waals surface area contributed by atoms with E-state index in [2.05, 4.69) is 37.4 Å². The topological polar surface area (TPSA) is 58.3 Å². The van der Waals surface area contributed by atoms with E-state index >= 15 is 0 Å². The minimum atomic E-state index is 0.792. The number of pyridine rings is 1. The van der Waals surface area contributed by atoms with E-state index in [4.69, 9.17) is 0 Å². The van der Waals surface area contributed by atoms with Gasteiger partial charge in [0.25, 0.3) is 0 Å². The van der Waals surface area contributed by atoms with Crippen molar-refractivity contribution < 1.29 is 0 Å². The highest BCUT2D eigenvalue weighted by Gasteiger charge is 2.12. The molecular formula is C17H20N6. The van der Waals surface area contributed by atoms with Crippen molar-refractivity contribution in [1.82, 2.24) is 19.6 Å². The highest BCUT2D eigenvalue weighted by molar-refractivity contribution is 5.73. The lowest BCUT2D eigenvalue weighted by Gasteiger charge is -2.27. The third-order valence-electron chi connectivity index (χ3n) is 4.20. The minimum Gasteiger partial charge on any atom is -0.357 e. The molecule has 118 valence electrons.